The van der Waals surface area contributed by atoms with Gasteiger partial charge in [0.25, 0.3) is 5.91 Å². The van der Waals surface area contributed by atoms with Gasteiger partial charge in [-0.25, -0.2) is 9.59 Å². The van der Waals surface area contributed by atoms with E-state index in [1.807, 2.05) is 5.32 Å². The number of ether oxygens (including phenoxy) is 2. The molecular formula is C19H19ClN2O5. The van der Waals surface area contributed by atoms with E-state index in [9.17, 15) is 14.4 Å². The first kappa shape index (κ1) is 20.3. The number of carbonyl (C=O) groups is 3. The lowest BCUT2D eigenvalue weighted by Gasteiger charge is -2.13. The summed E-state index contributed by atoms with van der Waals surface area (Å²) in [5.41, 5.74) is 1.14. The molecule has 0 aliphatic carbocycles. The third kappa shape index (κ3) is 6.31. The first-order valence-corrected chi connectivity index (χ1v) is 8.47. The van der Waals surface area contributed by atoms with Crippen molar-refractivity contribution in [1.82, 2.24) is 10.6 Å². The largest absolute Gasteiger partial charge is 0.489 e. The van der Waals surface area contributed by atoms with Crippen LogP contribution < -0.4 is 15.4 Å². The van der Waals surface area contributed by atoms with Crippen LogP contribution in [0.2, 0.25) is 5.02 Å². The van der Waals surface area contributed by atoms with Crippen molar-refractivity contribution in [3.8, 4) is 5.75 Å². The molecule has 0 radical (unpaired) electrons. The zero-order valence-electron chi connectivity index (χ0n) is 14.8. The van der Waals surface area contributed by atoms with Gasteiger partial charge in [-0.1, -0.05) is 23.7 Å². The normalized spacial score (nSPS) is 11.2. The molecule has 2 N–H and O–H groups in total. The fourth-order valence-corrected chi connectivity index (χ4v) is 2.12. The molecule has 8 heteroatoms. The fraction of sp³-hybridized carbons (Fsp3) is 0.211. The molecule has 0 unspecified atom stereocenters. The SMILES string of the molecule is CNC(=O)NC(=O)[C@@H](C)OC(=O)c1ccc(COc2ccc(Cl)cc2)cc1. The average molecular weight is 391 g/mol. The van der Waals surface area contributed by atoms with E-state index in [2.05, 4.69) is 5.32 Å². The van der Waals surface area contributed by atoms with E-state index in [0.29, 0.717) is 17.4 Å². The third-order valence-electron chi connectivity index (χ3n) is 3.53. The zero-order valence-corrected chi connectivity index (χ0v) is 15.6. The van der Waals surface area contributed by atoms with Gasteiger partial charge in [-0.15, -0.1) is 0 Å². The van der Waals surface area contributed by atoms with E-state index in [0.717, 1.165) is 5.56 Å². The summed E-state index contributed by atoms with van der Waals surface area (Å²) in [5.74, 6) is -0.700. The van der Waals surface area contributed by atoms with Crippen molar-refractivity contribution in [2.24, 2.45) is 0 Å². The molecule has 1 atom stereocenters. The van der Waals surface area contributed by atoms with Gasteiger partial charge in [-0.05, 0) is 48.9 Å². The highest BCUT2D eigenvalue weighted by Crippen LogP contribution is 2.17. The summed E-state index contributed by atoms with van der Waals surface area (Å²) in [4.78, 5) is 34.9. The van der Waals surface area contributed by atoms with E-state index in [-0.39, 0.29) is 5.56 Å². The van der Waals surface area contributed by atoms with Crippen LogP contribution >= 0.6 is 11.6 Å². The topological polar surface area (TPSA) is 93.7 Å². The molecule has 0 aromatic heterocycles. The van der Waals surface area contributed by atoms with Crippen LogP contribution in [0.1, 0.15) is 22.8 Å². The molecule has 0 bridgehead atoms. The Bertz CT molecular complexity index is 806. The monoisotopic (exact) mass is 390 g/mol. The maximum absolute atomic E-state index is 12.1. The Balaban J connectivity index is 1.88. The van der Waals surface area contributed by atoms with Gasteiger partial charge < -0.3 is 14.8 Å². The first-order chi connectivity index (χ1) is 12.9. The quantitative estimate of drug-likeness (QED) is 0.739. The number of carbonyl (C=O) groups excluding carboxylic acids is 3. The van der Waals surface area contributed by atoms with Crippen LogP contribution in [0.5, 0.6) is 5.75 Å². The van der Waals surface area contributed by atoms with E-state index >= 15 is 0 Å². The molecule has 0 spiro atoms. The van der Waals surface area contributed by atoms with Gasteiger partial charge in [0.1, 0.15) is 12.4 Å². The van der Waals surface area contributed by atoms with Crippen LogP contribution in [0, 0.1) is 0 Å². The number of hydrogen-bond acceptors (Lipinski definition) is 5. The second kappa shape index (κ2) is 9.59. The van der Waals surface area contributed by atoms with Crippen molar-refractivity contribution in [2.75, 3.05) is 7.05 Å². The van der Waals surface area contributed by atoms with Gasteiger partial charge in [0.15, 0.2) is 6.10 Å². The molecule has 7 nitrogen and oxygen atoms in total. The van der Waals surface area contributed by atoms with Crippen molar-refractivity contribution < 1.29 is 23.9 Å². The summed E-state index contributed by atoms with van der Waals surface area (Å²) in [5, 5.41) is 4.91. The molecule has 0 heterocycles. The predicted octanol–water partition coefficient (Wildman–Crippen LogP) is 2.92. The number of rotatable bonds is 6. The molecule has 3 amide bonds. The number of benzene rings is 2. The standard InChI is InChI=1S/C19H19ClN2O5/c1-12(17(23)22-19(25)21-2)27-18(24)14-5-3-13(4-6-14)11-26-16-9-7-15(20)8-10-16/h3-10,12H,11H2,1-2H3,(H2,21,22,23,25)/t12-/m1/s1. The molecule has 0 aliphatic heterocycles. The van der Waals surface area contributed by atoms with Crippen molar-refractivity contribution in [2.45, 2.75) is 19.6 Å². The second-order valence-electron chi connectivity index (χ2n) is 5.56. The molecule has 0 saturated heterocycles. The van der Waals surface area contributed by atoms with Crippen LogP contribution in [0.25, 0.3) is 0 Å². The maximum Gasteiger partial charge on any atom is 0.338 e. The second-order valence-corrected chi connectivity index (χ2v) is 5.99. The zero-order chi connectivity index (χ0) is 19.8. The van der Waals surface area contributed by atoms with Gasteiger partial charge in [-0.3, -0.25) is 10.1 Å². The smallest absolute Gasteiger partial charge is 0.338 e. The minimum absolute atomic E-state index is 0.282. The van der Waals surface area contributed by atoms with E-state index in [1.54, 1.807) is 48.5 Å². The molecular weight excluding hydrogens is 372 g/mol. The van der Waals surface area contributed by atoms with Gasteiger partial charge in [-0.2, -0.15) is 0 Å². The van der Waals surface area contributed by atoms with Gasteiger partial charge in [0.05, 0.1) is 5.56 Å². The predicted molar refractivity (Wildman–Crippen MR) is 99.7 cm³/mol. The number of hydrogen-bond donors (Lipinski definition) is 2. The Hall–Kier alpha value is -3.06. The number of nitrogens with one attached hydrogen (secondary N) is 2. The van der Waals surface area contributed by atoms with Crippen molar-refractivity contribution >= 4 is 29.5 Å². The molecule has 0 saturated carbocycles. The maximum atomic E-state index is 12.1. The highest BCUT2D eigenvalue weighted by atomic mass is 35.5. The Morgan fingerprint density at radius 2 is 1.67 bits per heavy atom. The first-order valence-electron chi connectivity index (χ1n) is 8.10. The third-order valence-corrected chi connectivity index (χ3v) is 3.78. The summed E-state index contributed by atoms with van der Waals surface area (Å²) in [6.45, 7) is 1.70. The highest BCUT2D eigenvalue weighted by Gasteiger charge is 2.20. The van der Waals surface area contributed by atoms with Crippen LogP contribution in [-0.2, 0) is 16.1 Å². The van der Waals surface area contributed by atoms with Crippen LogP contribution in [-0.4, -0.2) is 31.1 Å². The van der Waals surface area contributed by atoms with Crippen molar-refractivity contribution in [3.05, 3.63) is 64.7 Å². The Kier molecular flexibility index (Phi) is 7.19. The van der Waals surface area contributed by atoms with Gasteiger partial charge in [0, 0.05) is 12.1 Å². The molecule has 2 rings (SSSR count). The molecule has 27 heavy (non-hydrogen) atoms. The summed E-state index contributed by atoms with van der Waals surface area (Å²) >= 11 is 5.82. The van der Waals surface area contributed by atoms with Gasteiger partial charge in [0.2, 0.25) is 0 Å². The Morgan fingerprint density at radius 1 is 1.04 bits per heavy atom. The van der Waals surface area contributed by atoms with E-state index in [1.165, 1.54) is 14.0 Å². The van der Waals surface area contributed by atoms with Crippen LogP contribution in [0.3, 0.4) is 0 Å². The number of amides is 3. The summed E-state index contributed by atoms with van der Waals surface area (Å²) in [7, 11) is 1.37. The lowest BCUT2D eigenvalue weighted by atomic mass is 10.1. The summed E-state index contributed by atoms with van der Waals surface area (Å²) < 4.78 is 10.7. The minimum Gasteiger partial charge on any atom is -0.489 e. The summed E-state index contributed by atoms with van der Waals surface area (Å²) in [6, 6.07) is 12.9. The highest BCUT2D eigenvalue weighted by molar-refractivity contribution is 6.30. The summed E-state index contributed by atoms with van der Waals surface area (Å²) in [6.07, 6.45) is -1.11. The molecule has 142 valence electrons. The number of urea groups is 1. The van der Waals surface area contributed by atoms with E-state index < -0.39 is 24.0 Å². The molecule has 0 aliphatic rings. The van der Waals surface area contributed by atoms with Gasteiger partial charge >= 0.3 is 12.0 Å². The number of halogens is 1. The lowest BCUT2D eigenvalue weighted by molar-refractivity contribution is -0.127. The van der Waals surface area contributed by atoms with Crippen LogP contribution in [0.4, 0.5) is 4.79 Å². The molecule has 2 aromatic carbocycles. The lowest BCUT2D eigenvalue weighted by Crippen LogP contribution is -2.43. The number of esters is 1. The van der Waals surface area contributed by atoms with Crippen molar-refractivity contribution in [3.63, 3.8) is 0 Å². The Labute approximate surface area is 161 Å². The fourth-order valence-electron chi connectivity index (χ4n) is 1.99. The molecule has 0 fully saturated rings. The minimum atomic E-state index is -1.11. The molecule has 2 aromatic rings. The van der Waals surface area contributed by atoms with E-state index in [4.69, 9.17) is 21.1 Å². The van der Waals surface area contributed by atoms with Crippen molar-refractivity contribution in [1.29, 1.82) is 0 Å². The Morgan fingerprint density at radius 3 is 2.26 bits per heavy atom. The number of imide groups is 1. The van der Waals surface area contributed by atoms with Crippen LogP contribution in [0.15, 0.2) is 48.5 Å². The average Bonchev–Trinajstić information content (AvgIpc) is 2.67.